The molecule has 0 saturated heterocycles. The minimum Gasteiger partial charge on any atom is -0.480 e. The smallest absolute Gasteiger partial charge is 0.323 e. The van der Waals surface area contributed by atoms with Crippen LogP contribution < -0.4 is 10.2 Å². The van der Waals surface area contributed by atoms with E-state index < -0.39 is 5.97 Å². The fourth-order valence-electron chi connectivity index (χ4n) is 2.08. The maximum Gasteiger partial charge on any atom is 0.323 e. The fourth-order valence-corrected chi connectivity index (χ4v) is 2.25. The molecule has 0 atom stereocenters. The van der Waals surface area contributed by atoms with Gasteiger partial charge < -0.3 is 15.3 Å². The van der Waals surface area contributed by atoms with Crippen LogP contribution in [-0.4, -0.2) is 30.1 Å². The van der Waals surface area contributed by atoms with Crippen LogP contribution in [0.5, 0.6) is 0 Å². The second kappa shape index (κ2) is 7.65. The van der Waals surface area contributed by atoms with E-state index in [1.54, 1.807) is 30.3 Å². The Kier molecular flexibility index (Phi) is 5.60. The lowest BCUT2D eigenvalue weighted by atomic mass is 10.2. The van der Waals surface area contributed by atoms with Crippen molar-refractivity contribution in [2.75, 3.05) is 23.3 Å². The average Bonchev–Trinajstić information content (AvgIpc) is 2.50. The van der Waals surface area contributed by atoms with E-state index in [0.29, 0.717) is 16.4 Å². The summed E-state index contributed by atoms with van der Waals surface area (Å²) in [4.78, 5) is 24.7. The van der Waals surface area contributed by atoms with Crippen molar-refractivity contribution in [2.24, 2.45) is 0 Å². The zero-order valence-corrected chi connectivity index (χ0v) is 13.4. The molecule has 2 aromatic rings. The van der Waals surface area contributed by atoms with Gasteiger partial charge >= 0.3 is 5.97 Å². The highest BCUT2D eigenvalue weighted by Gasteiger charge is 2.16. The van der Waals surface area contributed by atoms with Crippen LogP contribution in [0.25, 0.3) is 0 Å². The molecule has 0 saturated carbocycles. The van der Waals surface area contributed by atoms with Gasteiger partial charge in [-0.15, -0.1) is 0 Å². The van der Waals surface area contributed by atoms with Crippen LogP contribution in [0.3, 0.4) is 0 Å². The van der Waals surface area contributed by atoms with E-state index in [1.807, 2.05) is 25.1 Å². The number of carbonyl (C=O) groups is 2. The van der Waals surface area contributed by atoms with E-state index in [1.165, 1.54) is 4.90 Å². The third-order valence-electron chi connectivity index (χ3n) is 3.24. The number of anilines is 2. The SMILES string of the molecule is Cc1ccc(N(CC(=O)O)CC(=O)Nc2ccccc2)cc1Cl. The first-order valence-electron chi connectivity index (χ1n) is 7.03. The van der Waals surface area contributed by atoms with Crippen LogP contribution in [0.1, 0.15) is 5.56 Å². The lowest BCUT2D eigenvalue weighted by Gasteiger charge is -2.23. The largest absolute Gasteiger partial charge is 0.480 e. The third-order valence-corrected chi connectivity index (χ3v) is 3.65. The van der Waals surface area contributed by atoms with Gasteiger partial charge in [0.2, 0.25) is 5.91 Å². The summed E-state index contributed by atoms with van der Waals surface area (Å²) >= 11 is 6.09. The molecule has 0 aliphatic rings. The van der Waals surface area contributed by atoms with Crippen molar-refractivity contribution < 1.29 is 14.7 Å². The molecule has 0 unspecified atom stereocenters. The van der Waals surface area contributed by atoms with Crippen LogP contribution in [0.4, 0.5) is 11.4 Å². The third kappa shape index (κ3) is 5.00. The van der Waals surface area contributed by atoms with Gasteiger partial charge in [-0.3, -0.25) is 9.59 Å². The molecule has 6 heteroatoms. The monoisotopic (exact) mass is 332 g/mol. The predicted octanol–water partition coefficient (Wildman–Crippen LogP) is 3.18. The number of carboxylic acids is 1. The summed E-state index contributed by atoms with van der Waals surface area (Å²) in [6.07, 6.45) is 0. The molecule has 0 aromatic heterocycles. The number of aliphatic carboxylic acids is 1. The number of hydrogen-bond donors (Lipinski definition) is 2. The number of nitrogens with zero attached hydrogens (tertiary/aromatic N) is 1. The Hall–Kier alpha value is -2.53. The molecule has 0 spiro atoms. The van der Waals surface area contributed by atoms with Gasteiger partial charge in [0, 0.05) is 16.4 Å². The highest BCUT2D eigenvalue weighted by Crippen LogP contribution is 2.23. The Morgan fingerprint density at radius 2 is 1.83 bits per heavy atom. The number of amides is 1. The highest BCUT2D eigenvalue weighted by molar-refractivity contribution is 6.31. The van der Waals surface area contributed by atoms with E-state index in [0.717, 1.165) is 5.56 Å². The van der Waals surface area contributed by atoms with Gasteiger partial charge in [-0.2, -0.15) is 0 Å². The number of carbonyl (C=O) groups excluding carboxylic acids is 1. The quantitative estimate of drug-likeness (QED) is 0.852. The summed E-state index contributed by atoms with van der Waals surface area (Å²) in [6.45, 7) is 1.48. The number of hydrogen-bond acceptors (Lipinski definition) is 3. The summed E-state index contributed by atoms with van der Waals surface area (Å²) in [6, 6.07) is 14.2. The van der Waals surface area contributed by atoms with Crippen molar-refractivity contribution >= 4 is 34.9 Å². The Labute approximate surface area is 139 Å². The molecule has 0 aliphatic carbocycles. The zero-order valence-electron chi connectivity index (χ0n) is 12.6. The number of halogens is 1. The maximum absolute atomic E-state index is 12.2. The van der Waals surface area contributed by atoms with Gasteiger partial charge in [0.1, 0.15) is 6.54 Å². The number of para-hydroxylation sites is 1. The normalized spacial score (nSPS) is 10.2. The molecule has 2 rings (SSSR count). The van der Waals surface area contributed by atoms with Crippen LogP contribution in [0.15, 0.2) is 48.5 Å². The molecule has 5 nitrogen and oxygen atoms in total. The van der Waals surface area contributed by atoms with Crippen LogP contribution in [0.2, 0.25) is 5.02 Å². The van der Waals surface area contributed by atoms with Crippen molar-refractivity contribution in [2.45, 2.75) is 6.92 Å². The number of carboxylic acid groups (broad SMARTS) is 1. The molecule has 0 radical (unpaired) electrons. The van der Waals surface area contributed by atoms with Crippen LogP contribution >= 0.6 is 11.6 Å². The lowest BCUT2D eigenvalue weighted by Crippen LogP contribution is -2.37. The number of aryl methyl sites for hydroxylation is 1. The highest BCUT2D eigenvalue weighted by atomic mass is 35.5. The molecule has 23 heavy (non-hydrogen) atoms. The molecule has 0 fully saturated rings. The van der Waals surface area contributed by atoms with Gasteiger partial charge in [-0.1, -0.05) is 35.9 Å². The first kappa shape index (κ1) is 16.8. The van der Waals surface area contributed by atoms with E-state index in [2.05, 4.69) is 5.32 Å². The molecular formula is C17H17ClN2O3. The Morgan fingerprint density at radius 3 is 2.43 bits per heavy atom. The second-order valence-electron chi connectivity index (χ2n) is 5.10. The second-order valence-corrected chi connectivity index (χ2v) is 5.50. The Bertz CT molecular complexity index is 704. The van der Waals surface area contributed by atoms with E-state index >= 15 is 0 Å². The first-order valence-corrected chi connectivity index (χ1v) is 7.41. The Balaban J connectivity index is 2.13. The summed E-state index contributed by atoms with van der Waals surface area (Å²) in [5.41, 5.74) is 2.14. The molecule has 0 bridgehead atoms. The molecular weight excluding hydrogens is 316 g/mol. The topological polar surface area (TPSA) is 69.6 Å². The maximum atomic E-state index is 12.2. The van der Waals surface area contributed by atoms with Gasteiger partial charge in [-0.25, -0.2) is 0 Å². The average molecular weight is 333 g/mol. The van der Waals surface area contributed by atoms with Crippen molar-refractivity contribution in [3.63, 3.8) is 0 Å². The van der Waals surface area contributed by atoms with E-state index in [-0.39, 0.29) is 19.0 Å². The van der Waals surface area contributed by atoms with Crippen molar-refractivity contribution in [1.82, 2.24) is 0 Å². The minimum absolute atomic E-state index is 0.0828. The predicted molar refractivity (Wildman–Crippen MR) is 91.1 cm³/mol. The zero-order chi connectivity index (χ0) is 16.8. The van der Waals surface area contributed by atoms with Gasteiger partial charge in [-0.05, 0) is 36.8 Å². The number of nitrogens with one attached hydrogen (secondary N) is 1. The standard InChI is InChI=1S/C17H17ClN2O3/c1-12-7-8-14(9-15(12)18)20(11-17(22)23)10-16(21)19-13-5-3-2-4-6-13/h2-9H,10-11H2,1H3,(H,19,21)(H,22,23). The minimum atomic E-state index is -1.02. The van der Waals surface area contributed by atoms with Crippen LogP contribution in [0, 0.1) is 6.92 Å². The van der Waals surface area contributed by atoms with Crippen molar-refractivity contribution in [1.29, 1.82) is 0 Å². The van der Waals surface area contributed by atoms with E-state index in [9.17, 15) is 9.59 Å². The van der Waals surface area contributed by atoms with Gasteiger partial charge in [0.05, 0.1) is 6.54 Å². The molecule has 0 aliphatic heterocycles. The summed E-state index contributed by atoms with van der Waals surface area (Å²) in [7, 11) is 0. The first-order chi connectivity index (χ1) is 11.0. The van der Waals surface area contributed by atoms with Crippen molar-refractivity contribution in [3.05, 3.63) is 59.1 Å². The molecule has 2 aromatic carbocycles. The summed E-state index contributed by atoms with van der Waals surface area (Å²) in [5, 5.41) is 12.3. The Morgan fingerprint density at radius 1 is 1.13 bits per heavy atom. The lowest BCUT2D eigenvalue weighted by molar-refractivity contribution is -0.135. The summed E-state index contributed by atoms with van der Waals surface area (Å²) in [5.74, 6) is -1.32. The van der Waals surface area contributed by atoms with Crippen molar-refractivity contribution in [3.8, 4) is 0 Å². The molecule has 0 heterocycles. The van der Waals surface area contributed by atoms with E-state index in [4.69, 9.17) is 16.7 Å². The number of benzene rings is 2. The van der Waals surface area contributed by atoms with Gasteiger partial charge in [0.15, 0.2) is 0 Å². The molecule has 2 N–H and O–H groups in total. The summed E-state index contributed by atoms with van der Waals surface area (Å²) < 4.78 is 0. The van der Waals surface area contributed by atoms with Gasteiger partial charge in [0.25, 0.3) is 0 Å². The molecule has 1 amide bonds. The number of rotatable bonds is 6. The fraction of sp³-hybridized carbons (Fsp3) is 0.176. The molecule has 120 valence electrons. The van der Waals surface area contributed by atoms with Crippen LogP contribution in [-0.2, 0) is 9.59 Å².